The predicted octanol–water partition coefficient (Wildman–Crippen LogP) is 14.5. The number of para-hydroxylation sites is 3. The van der Waals surface area contributed by atoms with Gasteiger partial charge in [0.2, 0.25) is 0 Å². The zero-order chi connectivity index (χ0) is 37.0. The van der Waals surface area contributed by atoms with Gasteiger partial charge in [0.15, 0.2) is 0 Å². The van der Waals surface area contributed by atoms with Crippen molar-refractivity contribution in [2.24, 2.45) is 0 Å². The molecule has 2 heterocycles. The molecule has 0 saturated heterocycles. The van der Waals surface area contributed by atoms with E-state index in [2.05, 4.69) is 228 Å². The largest absolute Gasteiger partial charge is 0.309 e. The molecule has 2 nitrogen and oxygen atoms in total. The number of nitrogens with zero attached hydrogens (tertiary/aromatic N) is 2. The topological polar surface area (TPSA) is 9.86 Å². The maximum Gasteiger partial charge on any atom is 0.0619 e. The maximum absolute atomic E-state index is 2.49. The Bertz CT molecular complexity index is 3210. The van der Waals surface area contributed by atoms with Crippen molar-refractivity contribution < 1.29 is 0 Å². The molecule has 0 radical (unpaired) electrons. The molecular formula is C54H36N2. The van der Waals surface area contributed by atoms with Crippen molar-refractivity contribution in [2.75, 3.05) is 0 Å². The van der Waals surface area contributed by atoms with Crippen LogP contribution in [-0.4, -0.2) is 9.13 Å². The van der Waals surface area contributed by atoms with Crippen molar-refractivity contribution in [2.45, 2.75) is 0 Å². The molecular weight excluding hydrogens is 677 g/mol. The van der Waals surface area contributed by atoms with Gasteiger partial charge in [0.25, 0.3) is 0 Å². The maximum atomic E-state index is 2.49. The summed E-state index contributed by atoms with van der Waals surface area (Å²) in [6.07, 6.45) is 0. The lowest BCUT2D eigenvalue weighted by Gasteiger charge is -2.16. The minimum atomic E-state index is 1.16. The van der Waals surface area contributed by atoms with Crippen LogP contribution < -0.4 is 0 Å². The van der Waals surface area contributed by atoms with E-state index in [0.29, 0.717) is 0 Å². The van der Waals surface area contributed by atoms with Crippen LogP contribution >= 0.6 is 0 Å². The molecule has 0 fully saturated rings. The summed E-state index contributed by atoms with van der Waals surface area (Å²) in [6.45, 7) is 0. The lowest BCUT2D eigenvalue weighted by Crippen LogP contribution is -1.98. The van der Waals surface area contributed by atoms with E-state index in [1.54, 1.807) is 0 Å². The summed E-state index contributed by atoms with van der Waals surface area (Å²) in [4.78, 5) is 0. The number of rotatable bonds is 6. The Morgan fingerprint density at radius 3 is 1.41 bits per heavy atom. The molecule has 0 spiro atoms. The Morgan fingerprint density at radius 1 is 0.250 bits per heavy atom. The summed E-state index contributed by atoms with van der Waals surface area (Å²) in [6, 6.07) is 79.4. The Hall–Kier alpha value is -7.42. The highest BCUT2D eigenvalue weighted by molar-refractivity contribution is 6.16. The van der Waals surface area contributed by atoms with Crippen molar-refractivity contribution in [1.29, 1.82) is 0 Å². The molecule has 9 aromatic carbocycles. The fourth-order valence-corrected chi connectivity index (χ4v) is 8.74. The summed E-state index contributed by atoms with van der Waals surface area (Å²) in [5, 5.41) is 4.97. The second kappa shape index (κ2) is 13.2. The minimum Gasteiger partial charge on any atom is -0.309 e. The highest BCUT2D eigenvalue weighted by atomic mass is 15.0. The van der Waals surface area contributed by atoms with Crippen LogP contribution in [0.1, 0.15) is 0 Å². The third-order valence-corrected chi connectivity index (χ3v) is 11.3. The van der Waals surface area contributed by atoms with Crippen molar-refractivity contribution in [3.63, 3.8) is 0 Å². The van der Waals surface area contributed by atoms with Gasteiger partial charge < -0.3 is 9.13 Å². The summed E-state index contributed by atoms with van der Waals surface area (Å²) in [5.74, 6) is 0. The average Bonchev–Trinajstić information content (AvgIpc) is 3.79. The van der Waals surface area contributed by atoms with Gasteiger partial charge in [0, 0.05) is 38.4 Å². The first-order valence-corrected chi connectivity index (χ1v) is 19.3. The van der Waals surface area contributed by atoms with E-state index in [-0.39, 0.29) is 0 Å². The van der Waals surface area contributed by atoms with Gasteiger partial charge in [-0.3, -0.25) is 0 Å². The van der Waals surface area contributed by atoms with Crippen LogP contribution in [0.2, 0.25) is 0 Å². The highest BCUT2D eigenvalue weighted by Gasteiger charge is 2.20. The van der Waals surface area contributed by atoms with E-state index in [9.17, 15) is 0 Å². The Morgan fingerprint density at radius 2 is 0.714 bits per heavy atom. The first-order valence-electron chi connectivity index (χ1n) is 19.3. The van der Waals surface area contributed by atoms with Gasteiger partial charge in [0.05, 0.1) is 27.8 Å². The number of hydrogen-bond acceptors (Lipinski definition) is 0. The zero-order valence-corrected chi connectivity index (χ0v) is 30.7. The van der Waals surface area contributed by atoms with Crippen LogP contribution in [-0.2, 0) is 0 Å². The Labute approximate surface area is 325 Å². The molecule has 0 unspecified atom stereocenters. The van der Waals surface area contributed by atoms with E-state index in [1.807, 2.05) is 0 Å². The summed E-state index contributed by atoms with van der Waals surface area (Å²) >= 11 is 0. The van der Waals surface area contributed by atoms with Crippen molar-refractivity contribution in [3.05, 3.63) is 218 Å². The Kier molecular flexibility index (Phi) is 7.53. The van der Waals surface area contributed by atoms with E-state index in [0.717, 1.165) is 5.69 Å². The molecule has 0 amide bonds. The van der Waals surface area contributed by atoms with Crippen LogP contribution in [0.3, 0.4) is 0 Å². The molecule has 0 aliphatic rings. The van der Waals surface area contributed by atoms with Gasteiger partial charge in [-0.1, -0.05) is 170 Å². The SMILES string of the molecule is c1ccc(-c2ccc(-n3c4ccccc4c4cc(-c5ccc6c(c5)c5cccc(-c7ccccc7)c5n6-c5ccccc5-c5ccccc5)ccc43)cc2)cc1. The molecule has 2 aromatic heterocycles. The normalized spacial score (nSPS) is 11.6. The second-order valence-electron chi connectivity index (χ2n) is 14.5. The van der Waals surface area contributed by atoms with Crippen LogP contribution in [0, 0.1) is 0 Å². The van der Waals surface area contributed by atoms with Gasteiger partial charge in [-0.05, 0) is 81.9 Å². The van der Waals surface area contributed by atoms with Crippen LogP contribution in [0.25, 0.3) is 99.5 Å². The zero-order valence-electron chi connectivity index (χ0n) is 30.7. The molecule has 262 valence electrons. The standard InChI is InChI=1S/C54H36N2/c1-4-15-37(16-5-1)38-27-31-43(32-28-38)55-51-26-13-11-22-46(51)48-35-41(29-33-52(48)55)42-30-34-53-49(36-42)47-24-14-23-45(40-19-8-3-9-20-40)54(47)56(53)50-25-12-10-21-44(50)39-17-6-2-7-18-39/h1-36H. The van der Waals surface area contributed by atoms with Gasteiger partial charge >= 0.3 is 0 Å². The van der Waals surface area contributed by atoms with Gasteiger partial charge in [-0.15, -0.1) is 0 Å². The molecule has 0 N–H and O–H groups in total. The van der Waals surface area contributed by atoms with Gasteiger partial charge in [-0.2, -0.15) is 0 Å². The van der Waals surface area contributed by atoms with E-state index in [4.69, 9.17) is 0 Å². The number of fused-ring (bicyclic) bond motifs is 6. The molecule has 11 rings (SSSR count). The highest BCUT2D eigenvalue weighted by Crippen LogP contribution is 2.42. The molecule has 56 heavy (non-hydrogen) atoms. The van der Waals surface area contributed by atoms with E-state index < -0.39 is 0 Å². The molecule has 11 aromatic rings. The monoisotopic (exact) mass is 712 g/mol. The second-order valence-corrected chi connectivity index (χ2v) is 14.5. The predicted molar refractivity (Wildman–Crippen MR) is 237 cm³/mol. The lowest BCUT2D eigenvalue weighted by molar-refractivity contribution is 1.18. The molecule has 0 atom stereocenters. The van der Waals surface area contributed by atoms with Crippen molar-refractivity contribution in [1.82, 2.24) is 9.13 Å². The lowest BCUT2D eigenvalue weighted by atomic mass is 9.99. The fourth-order valence-electron chi connectivity index (χ4n) is 8.74. The minimum absolute atomic E-state index is 1.16. The van der Waals surface area contributed by atoms with Crippen LogP contribution in [0.4, 0.5) is 0 Å². The smallest absolute Gasteiger partial charge is 0.0619 e. The molecule has 0 bridgehead atoms. The average molecular weight is 713 g/mol. The Balaban J connectivity index is 1.10. The number of benzene rings is 9. The quantitative estimate of drug-likeness (QED) is 0.162. The molecule has 0 aliphatic heterocycles. The summed E-state index contributed by atoms with van der Waals surface area (Å²) in [5.41, 5.74) is 16.8. The summed E-state index contributed by atoms with van der Waals surface area (Å²) < 4.78 is 4.88. The number of aromatic nitrogens is 2. The van der Waals surface area contributed by atoms with E-state index in [1.165, 1.54) is 93.8 Å². The first-order chi connectivity index (χ1) is 27.8. The van der Waals surface area contributed by atoms with Crippen molar-refractivity contribution in [3.8, 4) is 55.9 Å². The molecule has 0 saturated carbocycles. The molecule has 2 heteroatoms. The first kappa shape index (κ1) is 32.0. The molecule has 0 aliphatic carbocycles. The third kappa shape index (κ3) is 5.19. The van der Waals surface area contributed by atoms with Gasteiger partial charge in [-0.25, -0.2) is 0 Å². The van der Waals surface area contributed by atoms with Crippen molar-refractivity contribution >= 4 is 43.6 Å². The van der Waals surface area contributed by atoms with E-state index >= 15 is 0 Å². The summed E-state index contributed by atoms with van der Waals surface area (Å²) in [7, 11) is 0. The third-order valence-electron chi connectivity index (χ3n) is 11.3. The fraction of sp³-hybridized carbons (Fsp3) is 0. The number of hydrogen-bond donors (Lipinski definition) is 0. The van der Waals surface area contributed by atoms with Crippen LogP contribution in [0.5, 0.6) is 0 Å². The van der Waals surface area contributed by atoms with Crippen LogP contribution in [0.15, 0.2) is 218 Å². The van der Waals surface area contributed by atoms with Gasteiger partial charge in [0.1, 0.15) is 0 Å².